The fourth-order valence-electron chi connectivity index (χ4n) is 4.49. The third kappa shape index (κ3) is 5.06. The lowest BCUT2D eigenvalue weighted by Crippen LogP contribution is -2.38. The van der Waals surface area contributed by atoms with Crippen LogP contribution in [-0.4, -0.2) is 27.5 Å². The van der Waals surface area contributed by atoms with E-state index < -0.39 is 5.41 Å². The lowest BCUT2D eigenvalue weighted by Gasteiger charge is -2.35. The molecule has 3 aromatic rings. The lowest BCUT2D eigenvalue weighted by molar-refractivity contribution is 0.481. The van der Waals surface area contributed by atoms with Crippen LogP contribution in [0.3, 0.4) is 0 Å². The summed E-state index contributed by atoms with van der Waals surface area (Å²) in [4.78, 5) is 15.9. The van der Waals surface area contributed by atoms with Crippen molar-refractivity contribution in [3.63, 3.8) is 0 Å². The molecule has 0 bridgehead atoms. The first-order chi connectivity index (χ1) is 17.2. The second-order valence-electron chi connectivity index (χ2n) is 9.87. The summed E-state index contributed by atoms with van der Waals surface area (Å²) in [7, 11) is 0. The highest BCUT2D eigenvalue weighted by atomic mass is 15.2. The normalized spacial score (nSPS) is 15.6. The van der Waals surface area contributed by atoms with Gasteiger partial charge in [0.15, 0.2) is 0 Å². The van der Waals surface area contributed by atoms with E-state index in [0.717, 1.165) is 53.3 Å². The molecule has 1 aliphatic heterocycles. The van der Waals surface area contributed by atoms with Gasteiger partial charge >= 0.3 is 0 Å². The molecular weight excluding hydrogens is 446 g/mol. The quantitative estimate of drug-likeness (QED) is 0.466. The van der Waals surface area contributed by atoms with Gasteiger partial charge in [0.1, 0.15) is 11.9 Å². The molecule has 182 valence electrons. The number of hydrogen-bond acceptors (Lipinski definition) is 7. The molecule has 1 atom stereocenters. The minimum absolute atomic E-state index is 0.374. The lowest BCUT2D eigenvalue weighted by atomic mass is 9.90. The van der Waals surface area contributed by atoms with Gasteiger partial charge < -0.3 is 10.2 Å². The van der Waals surface area contributed by atoms with Gasteiger partial charge in [-0.25, -0.2) is 4.98 Å². The number of hydrogen-bond donors (Lipinski definition) is 1. The van der Waals surface area contributed by atoms with Crippen LogP contribution in [0.5, 0.6) is 0 Å². The molecule has 0 unspecified atom stereocenters. The largest absolute Gasteiger partial charge is 0.354 e. The van der Waals surface area contributed by atoms with Crippen LogP contribution in [0.15, 0.2) is 49.4 Å². The number of nitrogens with zero attached hydrogens (tertiary/aromatic N) is 6. The number of pyridine rings is 3. The topological polar surface area (TPSA) is 102 Å². The Labute approximate surface area is 213 Å². The van der Waals surface area contributed by atoms with E-state index in [1.54, 1.807) is 12.4 Å². The average molecular weight is 478 g/mol. The van der Waals surface area contributed by atoms with E-state index in [1.165, 1.54) is 6.42 Å². The number of aryl methyl sites for hydroxylation is 1. The number of piperidine rings is 1. The fourth-order valence-corrected chi connectivity index (χ4v) is 4.49. The Balaban J connectivity index is 1.61. The molecule has 1 N–H and O–H groups in total. The summed E-state index contributed by atoms with van der Waals surface area (Å²) in [6.07, 6.45) is 8.72. The smallest absolute Gasteiger partial charge is 0.146 e. The van der Waals surface area contributed by atoms with Crippen LogP contribution in [0, 0.1) is 29.6 Å². The molecule has 4 heterocycles. The van der Waals surface area contributed by atoms with Crippen molar-refractivity contribution in [2.24, 2.45) is 0 Å². The molecule has 4 rings (SSSR count). The van der Waals surface area contributed by atoms with Gasteiger partial charge in [-0.1, -0.05) is 6.58 Å². The van der Waals surface area contributed by atoms with Gasteiger partial charge in [-0.2, -0.15) is 10.5 Å². The first-order valence-corrected chi connectivity index (χ1v) is 12.2. The third-order valence-corrected chi connectivity index (χ3v) is 6.78. The second-order valence-corrected chi connectivity index (χ2v) is 9.87. The van der Waals surface area contributed by atoms with E-state index in [9.17, 15) is 10.5 Å². The van der Waals surface area contributed by atoms with E-state index in [-0.39, 0.29) is 0 Å². The number of aromatic nitrogens is 3. The molecule has 0 amide bonds. The van der Waals surface area contributed by atoms with Crippen LogP contribution in [0.4, 0.5) is 11.5 Å². The standard InChI is InChI=1S/C29H31N7/c1-19-8-6-7-11-36(19)28-23(15-30)12-24(16-34-28)26-14-25(17-33-21(26)3)35-20(2)22-9-10-32-27(13-22)29(4,5)18-31/h9-10,12-14,16-17,19,35H,2,6-8,11H2,1,3-5H3/t19-/m0/s1. The maximum Gasteiger partial charge on any atom is 0.146 e. The van der Waals surface area contributed by atoms with Crippen molar-refractivity contribution < 1.29 is 0 Å². The van der Waals surface area contributed by atoms with Crippen LogP contribution >= 0.6 is 0 Å². The molecule has 3 aromatic heterocycles. The summed E-state index contributed by atoms with van der Waals surface area (Å²) in [5, 5.41) is 22.7. The minimum atomic E-state index is -0.696. The van der Waals surface area contributed by atoms with Gasteiger partial charge in [0, 0.05) is 53.1 Å². The van der Waals surface area contributed by atoms with Crippen molar-refractivity contribution in [3.8, 4) is 23.3 Å². The Bertz CT molecular complexity index is 1380. The van der Waals surface area contributed by atoms with Gasteiger partial charge in [0.05, 0.1) is 34.6 Å². The maximum atomic E-state index is 9.89. The van der Waals surface area contributed by atoms with E-state index in [0.29, 0.717) is 23.0 Å². The predicted octanol–water partition coefficient (Wildman–Crippen LogP) is 5.98. The Morgan fingerprint density at radius 3 is 2.67 bits per heavy atom. The summed E-state index contributed by atoms with van der Waals surface area (Å²) in [6.45, 7) is 12.9. The van der Waals surface area contributed by atoms with Crippen LogP contribution in [-0.2, 0) is 5.41 Å². The van der Waals surface area contributed by atoms with E-state index in [1.807, 2.05) is 51.2 Å². The Hall–Kier alpha value is -4.23. The monoisotopic (exact) mass is 477 g/mol. The highest BCUT2D eigenvalue weighted by Gasteiger charge is 2.23. The minimum Gasteiger partial charge on any atom is -0.354 e. The average Bonchev–Trinajstić information content (AvgIpc) is 2.90. The summed E-state index contributed by atoms with van der Waals surface area (Å²) in [5.74, 6) is 0.760. The van der Waals surface area contributed by atoms with Gasteiger partial charge in [0.2, 0.25) is 0 Å². The Kier molecular flexibility index (Phi) is 7.03. The summed E-state index contributed by atoms with van der Waals surface area (Å²) < 4.78 is 0. The Morgan fingerprint density at radius 1 is 1.14 bits per heavy atom. The first-order valence-electron chi connectivity index (χ1n) is 12.2. The summed E-state index contributed by atoms with van der Waals surface area (Å²) in [6, 6.07) is 12.7. The number of anilines is 2. The fraction of sp³-hybridized carbons (Fsp3) is 0.345. The number of rotatable bonds is 6. The zero-order valence-corrected chi connectivity index (χ0v) is 21.3. The molecule has 0 saturated carbocycles. The van der Waals surface area contributed by atoms with Crippen LogP contribution in [0.25, 0.3) is 16.8 Å². The van der Waals surface area contributed by atoms with E-state index in [2.05, 4.69) is 45.8 Å². The Morgan fingerprint density at radius 2 is 1.94 bits per heavy atom. The highest BCUT2D eigenvalue weighted by molar-refractivity contribution is 5.79. The molecule has 0 aromatic carbocycles. The maximum absolute atomic E-state index is 9.89. The van der Waals surface area contributed by atoms with Crippen molar-refractivity contribution >= 4 is 17.2 Å². The molecule has 36 heavy (non-hydrogen) atoms. The molecule has 1 saturated heterocycles. The van der Waals surface area contributed by atoms with Gasteiger partial charge in [-0.05, 0) is 71.2 Å². The van der Waals surface area contributed by atoms with E-state index >= 15 is 0 Å². The van der Waals surface area contributed by atoms with E-state index in [4.69, 9.17) is 4.98 Å². The van der Waals surface area contributed by atoms with Crippen LogP contribution in [0.1, 0.15) is 62.5 Å². The third-order valence-electron chi connectivity index (χ3n) is 6.78. The molecule has 7 nitrogen and oxygen atoms in total. The zero-order valence-electron chi connectivity index (χ0n) is 21.3. The highest BCUT2D eigenvalue weighted by Crippen LogP contribution is 2.32. The molecule has 0 aliphatic carbocycles. The SMILES string of the molecule is C=C(Nc1cnc(C)c(-c2cnc(N3CCCC[C@@H]3C)c(C#N)c2)c1)c1ccnc(C(C)(C)C#N)c1. The summed E-state index contributed by atoms with van der Waals surface area (Å²) in [5.41, 5.74) is 5.45. The predicted molar refractivity (Wildman–Crippen MR) is 143 cm³/mol. The number of nitrogens with one attached hydrogen (secondary N) is 1. The van der Waals surface area contributed by atoms with Crippen molar-refractivity contribution in [3.05, 3.63) is 71.9 Å². The molecule has 1 aliphatic rings. The van der Waals surface area contributed by atoms with Crippen molar-refractivity contribution in [2.75, 3.05) is 16.8 Å². The zero-order chi connectivity index (χ0) is 25.9. The first kappa shape index (κ1) is 24.9. The van der Waals surface area contributed by atoms with Crippen LogP contribution in [0.2, 0.25) is 0 Å². The second kappa shape index (κ2) is 10.2. The summed E-state index contributed by atoms with van der Waals surface area (Å²) >= 11 is 0. The van der Waals surface area contributed by atoms with Crippen molar-refractivity contribution in [1.29, 1.82) is 10.5 Å². The van der Waals surface area contributed by atoms with Crippen molar-refractivity contribution in [2.45, 2.75) is 58.4 Å². The molecular formula is C29H31N7. The van der Waals surface area contributed by atoms with Gasteiger partial charge in [-0.3, -0.25) is 9.97 Å². The molecule has 7 heteroatoms. The molecule has 0 radical (unpaired) electrons. The van der Waals surface area contributed by atoms with Crippen LogP contribution < -0.4 is 10.2 Å². The van der Waals surface area contributed by atoms with Gasteiger partial charge in [-0.15, -0.1) is 0 Å². The molecule has 0 spiro atoms. The number of nitriles is 2. The van der Waals surface area contributed by atoms with Crippen molar-refractivity contribution in [1.82, 2.24) is 15.0 Å². The molecule has 1 fully saturated rings. The van der Waals surface area contributed by atoms with Gasteiger partial charge in [0.25, 0.3) is 0 Å².